The maximum Gasteiger partial charge on any atom is 0.146 e. The summed E-state index contributed by atoms with van der Waals surface area (Å²) >= 11 is 0. The largest absolute Gasteiger partial charge is 0.297 e. The lowest BCUT2D eigenvalue weighted by molar-refractivity contribution is 0.806. The normalized spacial score (nSPS) is 10.2. The monoisotopic (exact) mass is 173 g/mol. The van der Waals surface area contributed by atoms with Crippen LogP contribution in [0.15, 0.2) is 36.4 Å². The average Bonchev–Trinajstić information content (AvgIpc) is 2.47. The molecule has 0 saturated carbocycles. The van der Waals surface area contributed by atoms with Crippen molar-refractivity contribution in [2.75, 3.05) is 0 Å². The van der Waals surface area contributed by atoms with Gasteiger partial charge in [0.2, 0.25) is 0 Å². The van der Waals surface area contributed by atoms with E-state index in [4.69, 9.17) is 5.41 Å². The Morgan fingerprint density at radius 2 is 1.92 bits per heavy atom. The van der Waals surface area contributed by atoms with E-state index in [9.17, 15) is 0 Å². The van der Waals surface area contributed by atoms with Gasteiger partial charge in [-0.3, -0.25) is 10.5 Å². The zero-order valence-corrected chi connectivity index (χ0v) is 7.41. The Bertz CT molecular complexity index is 451. The molecule has 0 unspecified atom stereocenters. The highest BCUT2D eigenvalue weighted by Crippen LogP contribution is 2.02. The number of nitrogens with zero attached hydrogens (tertiary/aromatic N) is 1. The summed E-state index contributed by atoms with van der Waals surface area (Å²) in [6.45, 7) is 1.94. The van der Waals surface area contributed by atoms with Crippen LogP contribution in [0.1, 0.15) is 5.69 Å². The van der Waals surface area contributed by atoms with Gasteiger partial charge in [-0.1, -0.05) is 18.2 Å². The summed E-state index contributed by atoms with van der Waals surface area (Å²) in [5, 5.41) is 10.8. The van der Waals surface area contributed by atoms with Crippen molar-refractivity contribution in [2.24, 2.45) is 0 Å². The highest BCUT2D eigenvalue weighted by molar-refractivity contribution is 5.29. The number of hydrogen-bond acceptors (Lipinski definition) is 1. The summed E-state index contributed by atoms with van der Waals surface area (Å²) in [7, 11) is 0. The van der Waals surface area contributed by atoms with Crippen LogP contribution in [0.2, 0.25) is 0 Å². The van der Waals surface area contributed by atoms with Crippen molar-refractivity contribution in [1.82, 2.24) is 9.78 Å². The third-order valence-electron chi connectivity index (χ3n) is 1.90. The van der Waals surface area contributed by atoms with Crippen LogP contribution in [0.3, 0.4) is 0 Å². The first kappa shape index (κ1) is 7.86. The third-order valence-corrected chi connectivity index (χ3v) is 1.90. The van der Waals surface area contributed by atoms with E-state index in [0.717, 1.165) is 11.4 Å². The average molecular weight is 173 g/mol. The van der Waals surface area contributed by atoms with Gasteiger partial charge in [-0.2, -0.15) is 0 Å². The van der Waals surface area contributed by atoms with Crippen LogP contribution in [0.5, 0.6) is 0 Å². The number of nitrogens with one attached hydrogen (secondary N) is 2. The van der Waals surface area contributed by atoms with E-state index in [-0.39, 0.29) is 0 Å². The van der Waals surface area contributed by atoms with Crippen LogP contribution in [0.4, 0.5) is 0 Å². The lowest BCUT2D eigenvalue weighted by Crippen LogP contribution is -2.13. The molecule has 0 fully saturated rings. The van der Waals surface area contributed by atoms with Crippen molar-refractivity contribution in [1.29, 1.82) is 5.41 Å². The van der Waals surface area contributed by atoms with Crippen molar-refractivity contribution in [2.45, 2.75) is 6.92 Å². The second-order valence-corrected chi connectivity index (χ2v) is 3.00. The molecule has 3 nitrogen and oxygen atoms in total. The second-order valence-electron chi connectivity index (χ2n) is 3.00. The summed E-state index contributed by atoms with van der Waals surface area (Å²) in [6, 6.07) is 11.6. The molecule has 0 radical (unpaired) electrons. The molecule has 3 heteroatoms. The van der Waals surface area contributed by atoms with E-state index in [1.807, 2.05) is 37.3 Å². The summed E-state index contributed by atoms with van der Waals surface area (Å²) in [5.41, 5.74) is 2.46. The van der Waals surface area contributed by atoms with Gasteiger partial charge in [-0.15, -0.1) is 0 Å². The molecule has 2 aromatic rings. The SMILES string of the molecule is Cc1cc(=N)n(-c2ccccc2)[nH]1. The minimum Gasteiger partial charge on any atom is -0.297 e. The van der Waals surface area contributed by atoms with Crippen molar-refractivity contribution in [3.63, 3.8) is 0 Å². The molecule has 13 heavy (non-hydrogen) atoms. The maximum absolute atomic E-state index is 7.66. The Balaban J connectivity index is 2.59. The van der Waals surface area contributed by atoms with E-state index in [2.05, 4.69) is 5.10 Å². The molecule has 1 heterocycles. The molecule has 2 N–H and O–H groups in total. The van der Waals surface area contributed by atoms with Gasteiger partial charge in [-0.25, -0.2) is 4.68 Å². The fourth-order valence-corrected chi connectivity index (χ4v) is 1.32. The zero-order chi connectivity index (χ0) is 9.26. The van der Waals surface area contributed by atoms with Gasteiger partial charge >= 0.3 is 0 Å². The van der Waals surface area contributed by atoms with Gasteiger partial charge < -0.3 is 0 Å². The maximum atomic E-state index is 7.66. The number of para-hydroxylation sites is 1. The summed E-state index contributed by atoms with van der Waals surface area (Å²) < 4.78 is 1.75. The first-order chi connectivity index (χ1) is 6.27. The predicted octanol–water partition coefficient (Wildman–Crippen LogP) is 1.59. The highest BCUT2D eigenvalue weighted by atomic mass is 15.3. The van der Waals surface area contributed by atoms with Gasteiger partial charge in [0.25, 0.3) is 0 Å². The number of hydrogen-bond donors (Lipinski definition) is 2. The molecule has 66 valence electrons. The molecule has 0 atom stereocenters. The number of H-pyrrole nitrogens is 1. The van der Waals surface area contributed by atoms with Crippen LogP contribution in [-0.2, 0) is 0 Å². The second kappa shape index (κ2) is 2.94. The Morgan fingerprint density at radius 1 is 1.23 bits per heavy atom. The van der Waals surface area contributed by atoms with Crippen LogP contribution in [0, 0.1) is 12.3 Å². The predicted molar refractivity (Wildman–Crippen MR) is 50.7 cm³/mol. The van der Waals surface area contributed by atoms with E-state index in [1.165, 1.54) is 0 Å². The topological polar surface area (TPSA) is 44.6 Å². The Kier molecular flexibility index (Phi) is 1.77. The van der Waals surface area contributed by atoms with Crippen LogP contribution in [0.25, 0.3) is 5.69 Å². The number of aromatic nitrogens is 2. The lowest BCUT2D eigenvalue weighted by Gasteiger charge is -2.00. The zero-order valence-electron chi connectivity index (χ0n) is 7.41. The van der Waals surface area contributed by atoms with Crippen molar-refractivity contribution >= 4 is 0 Å². The Labute approximate surface area is 76.1 Å². The molecular weight excluding hydrogens is 162 g/mol. The molecule has 0 aliphatic rings. The molecule has 0 saturated heterocycles. The molecule has 2 rings (SSSR count). The fourth-order valence-electron chi connectivity index (χ4n) is 1.32. The van der Waals surface area contributed by atoms with Gasteiger partial charge in [0, 0.05) is 11.8 Å². The summed E-state index contributed by atoms with van der Waals surface area (Å²) in [5.74, 6) is 0. The van der Waals surface area contributed by atoms with E-state index in [1.54, 1.807) is 10.7 Å². The van der Waals surface area contributed by atoms with Crippen molar-refractivity contribution in [3.05, 3.63) is 47.6 Å². The van der Waals surface area contributed by atoms with Gasteiger partial charge in [-0.05, 0) is 19.1 Å². The Morgan fingerprint density at radius 3 is 2.46 bits per heavy atom. The van der Waals surface area contributed by atoms with E-state index < -0.39 is 0 Å². The van der Waals surface area contributed by atoms with Gasteiger partial charge in [0.05, 0.1) is 5.69 Å². The van der Waals surface area contributed by atoms with Gasteiger partial charge in [0.1, 0.15) is 5.49 Å². The van der Waals surface area contributed by atoms with E-state index in [0.29, 0.717) is 5.49 Å². The number of aromatic amines is 1. The van der Waals surface area contributed by atoms with Crippen LogP contribution >= 0.6 is 0 Å². The molecule has 0 bridgehead atoms. The summed E-state index contributed by atoms with van der Waals surface area (Å²) in [4.78, 5) is 0. The molecular formula is C10H11N3. The summed E-state index contributed by atoms with van der Waals surface area (Å²) in [6.07, 6.45) is 0. The van der Waals surface area contributed by atoms with E-state index >= 15 is 0 Å². The molecule has 1 aromatic carbocycles. The number of benzene rings is 1. The molecule has 0 amide bonds. The first-order valence-corrected chi connectivity index (χ1v) is 4.16. The third kappa shape index (κ3) is 1.40. The fraction of sp³-hybridized carbons (Fsp3) is 0.100. The van der Waals surface area contributed by atoms with Crippen molar-refractivity contribution in [3.8, 4) is 5.69 Å². The van der Waals surface area contributed by atoms with Crippen LogP contribution in [-0.4, -0.2) is 9.78 Å². The van der Waals surface area contributed by atoms with Gasteiger partial charge in [0.15, 0.2) is 0 Å². The number of rotatable bonds is 1. The van der Waals surface area contributed by atoms with Crippen molar-refractivity contribution < 1.29 is 0 Å². The first-order valence-electron chi connectivity index (χ1n) is 4.16. The standard InChI is InChI=1S/C10H11N3/c1-8-7-10(11)13(12-8)9-5-3-2-4-6-9/h2-7,11-12H,1H3. The molecule has 1 aromatic heterocycles. The lowest BCUT2D eigenvalue weighted by atomic mass is 10.3. The molecule has 0 aliphatic heterocycles. The highest BCUT2D eigenvalue weighted by Gasteiger charge is 1.97. The Hall–Kier alpha value is -1.77. The number of aryl methyl sites for hydroxylation is 1. The van der Waals surface area contributed by atoms with Crippen LogP contribution < -0.4 is 5.49 Å². The molecule has 0 aliphatic carbocycles. The smallest absolute Gasteiger partial charge is 0.146 e. The quantitative estimate of drug-likeness (QED) is 0.658. The molecule has 0 spiro atoms. The minimum absolute atomic E-state index is 0.476. The minimum atomic E-state index is 0.476.